The molecule has 0 saturated heterocycles. The molecule has 1 aromatic carbocycles. The minimum atomic E-state index is -4.66. The van der Waals surface area contributed by atoms with E-state index in [1.165, 1.54) is 29.7 Å². The first-order valence-corrected chi connectivity index (χ1v) is 12.0. The molecule has 1 aliphatic carbocycles. The van der Waals surface area contributed by atoms with Gasteiger partial charge in [0.2, 0.25) is 5.91 Å². The van der Waals surface area contributed by atoms with Gasteiger partial charge in [0.15, 0.2) is 22.8 Å². The van der Waals surface area contributed by atoms with Crippen molar-refractivity contribution < 1.29 is 22.4 Å². The fraction of sp³-hybridized carbons (Fsp3) is 0.222. The molecule has 6 rings (SSSR count). The van der Waals surface area contributed by atoms with Crippen LogP contribution in [0.25, 0.3) is 17.2 Å². The highest BCUT2D eigenvalue weighted by atomic mass is 19.4. The number of benzene rings is 1. The smallest absolute Gasteiger partial charge is 0.383 e. The molecule has 4 heterocycles. The molecule has 3 aromatic heterocycles. The summed E-state index contributed by atoms with van der Waals surface area (Å²) >= 11 is 0. The number of rotatable bonds is 4. The summed E-state index contributed by atoms with van der Waals surface area (Å²) in [6.07, 6.45) is 3.81. The standard InChI is InChI=1S/C27H21F4N7O/c1-25(26(28)10-6-3-7-11-26)19-20(32)35-21(36-22(19)37-24(25)39)17-13-38-14-18(27(29,30)31)34-23(38)16(33-17)12-15-8-4-2-5-9-15/h2-10,13-14H,11-12H2,1H3,(H3,32,35,36,37,39). The van der Waals surface area contributed by atoms with Crippen LogP contribution in [0.1, 0.15) is 35.9 Å². The monoisotopic (exact) mass is 535 g/mol. The quantitative estimate of drug-likeness (QED) is 0.363. The van der Waals surface area contributed by atoms with Gasteiger partial charge in [0.05, 0.1) is 11.3 Å². The molecule has 39 heavy (non-hydrogen) atoms. The summed E-state index contributed by atoms with van der Waals surface area (Å²) in [6, 6.07) is 9.08. The first-order chi connectivity index (χ1) is 18.5. The lowest BCUT2D eigenvalue weighted by Gasteiger charge is -2.37. The number of alkyl halides is 4. The van der Waals surface area contributed by atoms with Crippen LogP contribution in [-0.2, 0) is 22.8 Å². The average molecular weight is 536 g/mol. The Morgan fingerprint density at radius 1 is 1.08 bits per heavy atom. The number of carbonyl (C=O) groups is 1. The summed E-state index contributed by atoms with van der Waals surface area (Å²) in [5, 5.41) is 2.61. The third-order valence-electron chi connectivity index (χ3n) is 7.22. The molecule has 0 fully saturated rings. The maximum absolute atomic E-state index is 16.1. The number of halogens is 4. The van der Waals surface area contributed by atoms with Gasteiger partial charge in [0.1, 0.15) is 22.7 Å². The third-order valence-corrected chi connectivity index (χ3v) is 7.22. The van der Waals surface area contributed by atoms with E-state index in [2.05, 4.69) is 25.3 Å². The Hall–Kier alpha value is -4.61. The van der Waals surface area contributed by atoms with E-state index in [1.807, 2.05) is 30.3 Å². The van der Waals surface area contributed by atoms with Crippen LogP contribution >= 0.6 is 0 Å². The largest absolute Gasteiger partial charge is 0.434 e. The third kappa shape index (κ3) is 3.85. The molecule has 0 bridgehead atoms. The van der Waals surface area contributed by atoms with Crippen molar-refractivity contribution in [2.24, 2.45) is 0 Å². The average Bonchev–Trinajstić information content (AvgIpc) is 3.45. The number of nitrogens with zero attached hydrogens (tertiary/aromatic N) is 5. The number of carbonyl (C=O) groups excluding carboxylic acids is 1. The Labute approximate surface area is 219 Å². The minimum Gasteiger partial charge on any atom is -0.383 e. The fourth-order valence-electron chi connectivity index (χ4n) is 5.10. The van der Waals surface area contributed by atoms with Gasteiger partial charge in [0.25, 0.3) is 0 Å². The number of aromatic nitrogens is 5. The van der Waals surface area contributed by atoms with Crippen molar-refractivity contribution in [3.63, 3.8) is 0 Å². The number of amides is 1. The second-order valence-electron chi connectivity index (χ2n) is 9.68. The minimum absolute atomic E-state index is 0.0260. The zero-order valence-corrected chi connectivity index (χ0v) is 20.5. The molecule has 3 N–H and O–H groups in total. The lowest BCUT2D eigenvalue weighted by Crippen LogP contribution is -2.50. The number of imidazole rings is 1. The number of anilines is 2. The normalized spacial score (nSPS) is 22.3. The second-order valence-corrected chi connectivity index (χ2v) is 9.68. The molecule has 1 amide bonds. The Morgan fingerprint density at radius 3 is 2.54 bits per heavy atom. The van der Waals surface area contributed by atoms with E-state index in [-0.39, 0.29) is 52.9 Å². The van der Waals surface area contributed by atoms with Gasteiger partial charge in [-0.2, -0.15) is 13.2 Å². The van der Waals surface area contributed by atoms with Crippen molar-refractivity contribution in [1.29, 1.82) is 0 Å². The van der Waals surface area contributed by atoms with Gasteiger partial charge in [-0.15, -0.1) is 0 Å². The van der Waals surface area contributed by atoms with Crippen LogP contribution < -0.4 is 11.1 Å². The molecule has 12 heteroatoms. The van der Waals surface area contributed by atoms with Gasteiger partial charge in [-0.1, -0.05) is 48.6 Å². The van der Waals surface area contributed by atoms with E-state index in [0.29, 0.717) is 0 Å². The maximum Gasteiger partial charge on any atom is 0.434 e. The van der Waals surface area contributed by atoms with E-state index < -0.39 is 28.9 Å². The molecule has 2 unspecified atom stereocenters. The number of fused-ring (bicyclic) bond motifs is 2. The Kier molecular flexibility index (Phi) is 5.35. The highest BCUT2D eigenvalue weighted by Crippen LogP contribution is 2.51. The van der Waals surface area contributed by atoms with Crippen molar-refractivity contribution >= 4 is 23.2 Å². The molecule has 4 aromatic rings. The van der Waals surface area contributed by atoms with Crippen molar-refractivity contribution in [3.05, 3.63) is 89.5 Å². The molecule has 198 valence electrons. The van der Waals surface area contributed by atoms with Crippen LogP contribution in [0.2, 0.25) is 0 Å². The number of hydrogen-bond acceptors (Lipinski definition) is 6. The molecule has 1 aliphatic heterocycles. The van der Waals surface area contributed by atoms with E-state index in [0.717, 1.165) is 11.8 Å². The lowest BCUT2D eigenvalue weighted by molar-refractivity contribution is -0.140. The SMILES string of the molecule is CC1(C2(F)C=CC=CC2)C(=O)Nc2nc(-c3cn4cc(C(F)(F)F)nc4c(Cc4ccccc4)n3)nc(N)c21. The number of nitrogens with two attached hydrogens (primary N) is 1. The van der Waals surface area contributed by atoms with Gasteiger partial charge in [-0.25, -0.2) is 24.3 Å². The summed E-state index contributed by atoms with van der Waals surface area (Å²) in [5.74, 6) is -0.779. The molecule has 2 atom stereocenters. The fourth-order valence-corrected chi connectivity index (χ4v) is 5.10. The molecule has 0 saturated carbocycles. The summed E-state index contributed by atoms with van der Waals surface area (Å²) < 4.78 is 57.8. The number of allylic oxidation sites excluding steroid dienone is 4. The van der Waals surface area contributed by atoms with Crippen LogP contribution in [0.4, 0.5) is 29.2 Å². The number of nitrogens with one attached hydrogen (secondary N) is 1. The van der Waals surface area contributed by atoms with Gasteiger partial charge >= 0.3 is 6.18 Å². The van der Waals surface area contributed by atoms with Gasteiger partial charge in [-0.3, -0.25) is 4.79 Å². The first kappa shape index (κ1) is 24.7. The number of nitrogen functional groups attached to an aromatic ring is 1. The van der Waals surface area contributed by atoms with Crippen molar-refractivity contribution in [3.8, 4) is 11.5 Å². The highest BCUT2D eigenvalue weighted by molar-refractivity contribution is 6.08. The van der Waals surface area contributed by atoms with Gasteiger partial charge in [-0.05, 0) is 18.6 Å². The van der Waals surface area contributed by atoms with Gasteiger partial charge < -0.3 is 15.5 Å². The molecule has 8 nitrogen and oxygen atoms in total. The van der Waals surface area contributed by atoms with Crippen molar-refractivity contribution in [2.45, 2.75) is 37.0 Å². The predicted molar refractivity (Wildman–Crippen MR) is 135 cm³/mol. The van der Waals surface area contributed by atoms with Crippen LogP contribution in [0.5, 0.6) is 0 Å². The lowest BCUT2D eigenvalue weighted by atomic mass is 9.68. The van der Waals surface area contributed by atoms with Crippen LogP contribution in [0, 0.1) is 0 Å². The molecule has 0 spiro atoms. The Morgan fingerprint density at radius 2 is 1.85 bits per heavy atom. The predicted octanol–water partition coefficient (Wildman–Crippen LogP) is 4.81. The van der Waals surface area contributed by atoms with E-state index in [4.69, 9.17) is 5.73 Å². The zero-order chi connectivity index (χ0) is 27.6. The van der Waals surface area contributed by atoms with Crippen LogP contribution in [0.3, 0.4) is 0 Å². The van der Waals surface area contributed by atoms with Gasteiger partial charge in [0, 0.05) is 25.2 Å². The topological polar surface area (TPSA) is 111 Å². The van der Waals surface area contributed by atoms with Crippen molar-refractivity contribution in [2.75, 3.05) is 11.1 Å². The Bertz CT molecular complexity index is 1700. The summed E-state index contributed by atoms with van der Waals surface area (Å²) in [6.45, 7) is 1.45. The van der Waals surface area contributed by atoms with E-state index in [1.54, 1.807) is 12.2 Å². The van der Waals surface area contributed by atoms with E-state index in [9.17, 15) is 18.0 Å². The second kappa shape index (κ2) is 8.45. The molecular formula is C27H21F4N7O. The summed E-state index contributed by atoms with van der Waals surface area (Å²) in [5.41, 5.74) is 2.77. The highest BCUT2D eigenvalue weighted by Gasteiger charge is 2.59. The maximum atomic E-state index is 16.1. The van der Waals surface area contributed by atoms with Crippen LogP contribution in [0.15, 0.2) is 67.0 Å². The zero-order valence-electron chi connectivity index (χ0n) is 20.5. The summed E-state index contributed by atoms with van der Waals surface area (Å²) in [4.78, 5) is 30.2. The Balaban J connectivity index is 1.50. The molecule has 0 radical (unpaired) electrons. The first-order valence-electron chi connectivity index (χ1n) is 12.0. The van der Waals surface area contributed by atoms with Crippen molar-refractivity contribution in [1.82, 2.24) is 24.3 Å². The van der Waals surface area contributed by atoms with Crippen LogP contribution in [-0.4, -0.2) is 35.9 Å². The number of hydrogen-bond donors (Lipinski definition) is 2. The molecular weight excluding hydrogens is 514 g/mol. The van der Waals surface area contributed by atoms with E-state index >= 15 is 4.39 Å². The molecule has 2 aliphatic rings. The summed E-state index contributed by atoms with van der Waals surface area (Å²) in [7, 11) is 0.